The summed E-state index contributed by atoms with van der Waals surface area (Å²) in [5.41, 5.74) is 2.88. The molecule has 0 saturated carbocycles. The first-order valence-electron chi connectivity index (χ1n) is 4.47. The molecule has 0 bridgehead atoms. The molecule has 0 aliphatic heterocycles. The van der Waals surface area contributed by atoms with Crippen molar-refractivity contribution < 1.29 is 0 Å². The molecule has 0 fully saturated rings. The lowest BCUT2D eigenvalue weighted by molar-refractivity contribution is 1.47. The Morgan fingerprint density at radius 2 is 1.93 bits per heavy atom. The van der Waals surface area contributed by atoms with Gasteiger partial charge in [-0.25, -0.2) is 0 Å². The Hall–Kier alpha value is -1.41. The quantitative estimate of drug-likeness (QED) is 0.714. The summed E-state index contributed by atoms with van der Waals surface area (Å²) in [5, 5.41) is 9.55. The molecule has 1 aromatic carbocycles. The number of hydrogen-bond acceptors (Lipinski definition) is 2. The van der Waals surface area contributed by atoms with Crippen molar-refractivity contribution >= 4 is 17.0 Å². The highest BCUT2D eigenvalue weighted by Gasteiger charge is 2.02. The van der Waals surface area contributed by atoms with E-state index in [-0.39, 0.29) is 0 Å². The third-order valence-corrected chi connectivity index (χ3v) is 3.07. The van der Waals surface area contributed by atoms with Crippen LogP contribution in [-0.2, 0) is 0 Å². The Labute approximate surface area is 87.5 Å². The molecule has 1 nitrogen and oxygen atoms in total. The zero-order valence-corrected chi connectivity index (χ0v) is 8.77. The molecule has 1 heterocycles. The van der Waals surface area contributed by atoms with Gasteiger partial charge >= 0.3 is 0 Å². The van der Waals surface area contributed by atoms with Crippen LogP contribution in [0.5, 0.6) is 0 Å². The minimum absolute atomic E-state index is 0.628. The first-order valence-corrected chi connectivity index (χ1v) is 5.35. The lowest BCUT2D eigenvalue weighted by Crippen LogP contribution is -1.86. The predicted molar refractivity (Wildman–Crippen MR) is 62.3 cm³/mol. The van der Waals surface area contributed by atoms with Gasteiger partial charge in [0.2, 0.25) is 0 Å². The Balaban J connectivity index is 2.39. The van der Waals surface area contributed by atoms with E-state index in [1.54, 1.807) is 11.3 Å². The van der Waals surface area contributed by atoms with Crippen molar-refractivity contribution in [3.63, 3.8) is 0 Å². The maximum absolute atomic E-state index is 7.52. The van der Waals surface area contributed by atoms with E-state index in [0.29, 0.717) is 5.71 Å². The number of nitrogens with one attached hydrogen (secondary N) is 1. The lowest BCUT2D eigenvalue weighted by atomic mass is 10.1. The minimum Gasteiger partial charge on any atom is -0.305 e. The fourth-order valence-corrected chi connectivity index (χ4v) is 2.25. The molecule has 0 amide bonds. The maximum atomic E-state index is 7.52. The minimum atomic E-state index is 0.628. The molecule has 14 heavy (non-hydrogen) atoms. The summed E-state index contributed by atoms with van der Waals surface area (Å²) < 4.78 is 0. The van der Waals surface area contributed by atoms with Crippen molar-refractivity contribution in [1.82, 2.24) is 0 Å². The summed E-state index contributed by atoms with van der Waals surface area (Å²) in [6.45, 7) is 1.82. The summed E-state index contributed by atoms with van der Waals surface area (Å²) in [6, 6.07) is 12.3. The first-order chi connectivity index (χ1) is 6.77. The lowest BCUT2D eigenvalue weighted by Gasteiger charge is -1.94. The molecular formula is C12H11NS. The molecule has 0 aliphatic carbocycles. The number of thiophene rings is 1. The summed E-state index contributed by atoms with van der Waals surface area (Å²) >= 11 is 1.69. The second-order valence-corrected chi connectivity index (χ2v) is 4.10. The Morgan fingerprint density at radius 1 is 1.21 bits per heavy atom. The van der Waals surface area contributed by atoms with Crippen molar-refractivity contribution in [1.29, 1.82) is 5.41 Å². The van der Waals surface area contributed by atoms with Gasteiger partial charge in [-0.1, -0.05) is 30.3 Å². The van der Waals surface area contributed by atoms with E-state index in [0.717, 1.165) is 5.56 Å². The molecular weight excluding hydrogens is 190 g/mol. The molecule has 0 aliphatic rings. The van der Waals surface area contributed by atoms with E-state index in [1.807, 2.05) is 30.5 Å². The van der Waals surface area contributed by atoms with Crippen LogP contribution >= 0.6 is 11.3 Å². The third kappa shape index (κ3) is 1.75. The third-order valence-electron chi connectivity index (χ3n) is 2.09. The average Bonchev–Trinajstić information content (AvgIpc) is 2.68. The Kier molecular flexibility index (Phi) is 2.46. The van der Waals surface area contributed by atoms with Crippen LogP contribution in [0, 0.1) is 5.41 Å². The number of benzene rings is 1. The zero-order chi connectivity index (χ0) is 9.97. The molecule has 2 heteroatoms. The van der Waals surface area contributed by atoms with Crippen LogP contribution in [0.15, 0.2) is 41.8 Å². The van der Waals surface area contributed by atoms with Crippen molar-refractivity contribution in [2.75, 3.05) is 0 Å². The SMILES string of the molecule is CC(=N)c1csc(-c2ccccc2)c1. The topological polar surface area (TPSA) is 23.9 Å². The number of rotatable bonds is 2. The van der Waals surface area contributed by atoms with Crippen molar-refractivity contribution in [3.8, 4) is 10.4 Å². The zero-order valence-electron chi connectivity index (χ0n) is 7.95. The van der Waals surface area contributed by atoms with E-state index in [2.05, 4.69) is 18.2 Å². The van der Waals surface area contributed by atoms with Crippen LogP contribution in [0.1, 0.15) is 12.5 Å². The molecule has 0 saturated heterocycles. The molecule has 2 aromatic rings. The molecule has 2 rings (SSSR count). The van der Waals surface area contributed by atoms with Crippen LogP contribution in [-0.4, -0.2) is 5.71 Å². The fourth-order valence-electron chi connectivity index (χ4n) is 1.29. The van der Waals surface area contributed by atoms with Gasteiger partial charge in [0.05, 0.1) is 0 Å². The summed E-state index contributed by atoms with van der Waals surface area (Å²) in [7, 11) is 0. The van der Waals surface area contributed by atoms with E-state index >= 15 is 0 Å². The highest BCUT2D eigenvalue weighted by molar-refractivity contribution is 7.13. The summed E-state index contributed by atoms with van der Waals surface area (Å²) in [6.07, 6.45) is 0. The van der Waals surface area contributed by atoms with Crippen LogP contribution in [0.3, 0.4) is 0 Å². The average molecular weight is 201 g/mol. The van der Waals surface area contributed by atoms with Crippen LogP contribution in [0.4, 0.5) is 0 Å². The predicted octanol–water partition coefficient (Wildman–Crippen LogP) is 3.80. The monoisotopic (exact) mass is 201 g/mol. The van der Waals surface area contributed by atoms with Crippen molar-refractivity contribution in [2.45, 2.75) is 6.92 Å². The van der Waals surface area contributed by atoms with Crippen molar-refractivity contribution in [2.24, 2.45) is 0 Å². The van der Waals surface area contributed by atoms with E-state index < -0.39 is 0 Å². The first kappa shape index (κ1) is 9.16. The summed E-state index contributed by atoms with van der Waals surface area (Å²) in [4.78, 5) is 1.23. The molecule has 0 radical (unpaired) electrons. The van der Waals surface area contributed by atoms with Crippen molar-refractivity contribution in [3.05, 3.63) is 47.3 Å². The van der Waals surface area contributed by atoms with Crippen LogP contribution in [0.25, 0.3) is 10.4 Å². The molecule has 70 valence electrons. The summed E-state index contributed by atoms with van der Waals surface area (Å²) in [5.74, 6) is 0. The standard InChI is InChI=1S/C12H11NS/c1-9(13)11-7-12(14-8-11)10-5-3-2-4-6-10/h2-8,13H,1H3. The highest BCUT2D eigenvalue weighted by atomic mass is 32.1. The normalized spacial score (nSPS) is 10.1. The Morgan fingerprint density at radius 3 is 2.50 bits per heavy atom. The molecule has 0 atom stereocenters. The van der Waals surface area contributed by atoms with Gasteiger partial charge in [0.15, 0.2) is 0 Å². The van der Waals surface area contributed by atoms with Gasteiger partial charge in [-0.15, -0.1) is 11.3 Å². The molecule has 1 aromatic heterocycles. The molecule has 1 N–H and O–H groups in total. The van der Waals surface area contributed by atoms with Crippen LogP contribution in [0.2, 0.25) is 0 Å². The second kappa shape index (κ2) is 3.76. The fraction of sp³-hybridized carbons (Fsp3) is 0.0833. The van der Waals surface area contributed by atoms with Gasteiger partial charge in [-0.3, -0.25) is 0 Å². The van der Waals surface area contributed by atoms with Gasteiger partial charge in [0, 0.05) is 21.5 Å². The van der Waals surface area contributed by atoms with E-state index in [1.165, 1.54) is 10.4 Å². The highest BCUT2D eigenvalue weighted by Crippen LogP contribution is 2.26. The smallest absolute Gasteiger partial charge is 0.0363 e. The second-order valence-electron chi connectivity index (χ2n) is 3.19. The molecule has 0 spiro atoms. The van der Waals surface area contributed by atoms with E-state index in [9.17, 15) is 0 Å². The maximum Gasteiger partial charge on any atom is 0.0363 e. The van der Waals surface area contributed by atoms with Crippen LogP contribution < -0.4 is 0 Å². The van der Waals surface area contributed by atoms with Gasteiger partial charge in [0.1, 0.15) is 0 Å². The van der Waals surface area contributed by atoms with Gasteiger partial charge < -0.3 is 5.41 Å². The molecule has 0 unspecified atom stereocenters. The van der Waals surface area contributed by atoms with Gasteiger partial charge in [0.25, 0.3) is 0 Å². The largest absolute Gasteiger partial charge is 0.305 e. The number of hydrogen-bond donors (Lipinski definition) is 1. The van der Waals surface area contributed by atoms with Gasteiger partial charge in [-0.2, -0.15) is 0 Å². The van der Waals surface area contributed by atoms with Gasteiger partial charge in [-0.05, 0) is 18.6 Å². The van der Waals surface area contributed by atoms with E-state index in [4.69, 9.17) is 5.41 Å². The Bertz CT molecular complexity index is 442.